The number of thiophene rings is 1. The first-order valence-electron chi connectivity index (χ1n) is 8.48. The van der Waals surface area contributed by atoms with Gasteiger partial charge in [-0.05, 0) is 12.5 Å². The van der Waals surface area contributed by atoms with E-state index in [1.807, 2.05) is 24.8 Å². The molecular weight excluding hydrogens is 324 g/mol. The monoisotopic (exact) mass is 348 g/mol. The zero-order valence-electron chi connectivity index (χ0n) is 14.5. The molecule has 1 fully saturated rings. The van der Waals surface area contributed by atoms with Crippen molar-refractivity contribution in [2.75, 3.05) is 26.2 Å². The fourth-order valence-electron chi connectivity index (χ4n) is 2.97. The van der Waals surface area contributed by atoms with E-state index in [0.29, 0.717) is 12.1 Å². The molecule has 0 spiro atoms. The molecule has 2 aromatic rings. The Morgan fingerprint density at radius 1 is 1.29 bits per heavy atom. The van der Waals surface area contributed by atoms with Gasteiger partial charge in [-0.1, -0.05) is 20.8 Å². The number of aromatic nitrogens is 2. The van der Waals surface area contributed by atoms with Crippen molar-refractivity contribution in [1.29, 1.82) is 0 Å². The largest absolute Gasteiger partial charge is 0.340 e. The molecule has 0 N–H and O–H groups in total. The number of hydrogen-bond donors (Lipinski definition) is 0. The molecule has 3 rings (SSSR count). The average molecular weight is 348 g/mol. The lowest BCUT2D eigenvalue weighted by molar-refractivity contribution is -0.136. The predicted molar refractivity (Wildman–Crippen MR) is 96.2 cm³/mol. The lowest BCUT2D eigenvalue weighted by atomic mass is 10.1. The number of nitrogens with zero attached hydrogens (tertiary/aromatic N) is 4. The van der Waals surface area contributed by atoms with Gasteiger partial charge in [-0.2, -0.15) is 0 Å². The van der Waals surface area contributed by atoms with Crippen molar-refractivity contribution >= 4 is 27.5 Å². The minimum Gasteiger partial charge on any atom is -0.340 e. The van der Waals surface area contributed by atoms with Gasteiger partial charge in [-0.25, -0.2) is 4.98 Å². The smallest absolute Gasteiger partial charge is 0.263 e. The lowest BCUT2D eigenvalue weighted by Gasteiger charge is -2.35. The minimum absolute atomic E-state index is 0.0247. The second-order valence-electron chi connectivity index (χ2n) is 6.54. The van der Waals surface area contributed by atoms with Crippen LogP contribution in [0.15, 0.2) is 17.2 Å². The highest BCUT2D eigenvalue weighted by atomic mass is 32.1. The van der Waals surface area contributed by atoms with E-state index in [9.17, 15) is 9.59 Å². The van der Waals surface area contributed by atoms with Crippen LogP contribution < -0.4 is 5.56 Å². The average Bonchev–Trinajstić information content (AvgIpc) is 3.01. The Morgan fingerprint density at radius 3 is 2.62 bits per heavy atom. The van der Waals surface area contributed by atoms with Gasteiger partial charge in [-0.3, -0.25) is 19.1 Å². The molecule has 24 heavy (non-hydrogen) atoms. The molecule has 1 amide bonds. The molecule has 3 heterocycles. The van der Waals surface area contributed by atoms with Gasteiger partial charge in [0.2, 0.25) is 5.91 Å². The van der Waals surface area contributed by atoms with Crippen molar-refractivity contribution in [1.82, 2.24) is 19.4 Å². The van der Waals surface area contributed by atoms with E-state index < -0.39 is 0 Å². The maximum absolute atomic E-state index is 12.6. The molecular formula is C17H24N4O2S. The van der Waals surface area contributed by atoms with E-state index in [0.717, 1.165) is 37.4 Å². The highest BCUT2D eigenvalue weighted by Crippen LogP contribution is 2.21. The molecule has 6 nitrogen and oxygen atoms in total. The van der Waals surface area contributed by atoms with Crippen LogP contribution in [-0.2, 0) is 17.9 Å². The Balaban J connectivity index is 1.69. The topological polar surface area (TPSA) is 58.4 Å². The first-order chi connectivity index (χ1) is 11.5. The van der Waals surface area contributed by atoms with Crippen molar-refractivity contribution in [3.8, 4) is 0 Å². The number of carbonyl (C=O) groups is 1. The normalized spacial score (nSPS) is 16.2. The minimum atomic E-state index is 0.0247. The fourth-order valence-corrected chi connectivity index (χ4v) is 3.90. The van der Waals surface area contributed by atoms with Gasteiger partial charge in [0.15, 0.2) is 0 Å². The van der Waals surface area contributed by atoms with Gasteiger partial charge in [-0.15, -0.1) is 11.3 Å². The van der Waals surface area contributed by atoms with Gasteiger partial charge in [0.05, 0.1) is 12.1 Å². The van der Waals surface area contributed by atoms with Crippen LogP contribution in [0.4, 0.5) is 0 Å². The van der Waals surface area contributed by atoms with Crippen molar-refractivity contribution < 1.29 is 4.79 Å². The summed E-state index contributed by atoms with van der Waals surface area (Å²) in [4.78, 5) is 35.2. The zero-order chi connectivity index (χ0) is 17.3. The number of carbonyl (C=O) groups excluding carboxylic acids is 1. The Labute approximate surface area is 145 Å². The summed E-state index contributed by atoms with van der Waals surface area (Å²) in [5.74, 6) is 0.248. The van der Waals surface area contributed by atoms with Gasteiger partial charge in [0.25, 0.3) is 5.56 Å². The summed E-state index contributed by atoms with van der Waals surface area (Å²) >= 11 is 1.59. The molecule has 1 aliphatic heterocycles. The van der Waals surface area contributed by atoms with Crippen molar-refractivity contribution in [3.05, 3.63) is 27.6 Å². The summed E-state index contributed by atoms with van der Waals surface area (Å²) in [7, 11) is 0. The second kappa shape index (κ2) is 7.03. The summed E-state index contributed by atoms with van der Waals surface area (Å²) in [5.41, 5.74) is 0.0247. The highest BCUT2D eigenvalue weighted by Gasteiger charge is 2.23. The van der Waals surface area contributed by atoms with Crippen LogP contribution in [0.1, 0.15) is 25.6 Å². The van der Waals surface area contributed by atoms with Crippen LogP contribution >= 0.6 is 11.3 Å². The van der Waals surface area contributed by atoms with Crippen LogP contribution in [0.2, 0.25) is 0 Å². The van der Waals surface area contributed by atoms with Crippen LogP contribution in [-0.4, -0.2) is 51.4 Å². The van der Waals surface area contributed by atoms with Gasteiger partial charge in [0, 0.05) is 37.0 Å². The van der Waals surface area contributed by atoms with Crippen molar-refractivity contribution in [3.63, 3.8) is 0 Å². The Kier molecular flexibility index (Phi) is 5.01. The Morgan fingerprint density at radius 2 is 2.00 bits per heavy atom. The standard InChI is InChI=1S/C17H24N4O2S/c1-4-13-9-14-15(24-13)18-10-21(17(14)23)11-19-5-7-20(8-6-19)16(22)12(2)3/h9-10,12H,4-8,11H2,1-3H3. The number of aryl methyl sites for hydroxylation is 1. The number of piperazine rings is 1. The molecule has 0 atom stereocenters. The van der Waals surface area contributed by atoms with Gasteiger partial charge < -0.3 is 4.90 Å². The zero-order valence-corrected chi connectivity index (χ0v) is 15.3. The van der Waals surface area contributed by atoms with E-state index in [2.05, 4.69) is 16.8 Å². The number of rotatable bonds is 4. The summed E-state index contributed by atoms with van der Waals surface area (Å²) in [6, 6.07) is 1.96. The third kappa shape index (κ3) is 3.37. The fraction of sp³-hybridized carbons (Fsp3) is 0.588. The van der Waals surface area contributed by atoms with E-state index in [1.54, 1.807) is 22.2 Å². The third-order valence-electron chi connectivity index (χ3n) is 4.45. The first kappa shape index (κ1) is 17.1. The summed E-state index contributed by atoms with van der Waals surface area (Å²) in [6.45, 7) is 9.49. The number of fused-ring (bicyclic) bond motifs is 1. The van der Waals surface area contributed by atoms with E-state index in [4.69, 9.17) is 0 Å². The van der Waals surface area contributed by atoms with Crippen LogP contribution in [0.3, 0.4) is 0 Å². The Hall–Kier alpha value is -1.73. The highest BCUT2D eigenvalue weighted by molar-refractivity contribution is 7.18. The van der Waals surface area contributed by atoms with Crippen LogP contribution in [0.25, 0.3) is 10.2 Å². The predicted octanol–water partition coefficient (Wildman–Crippen LogP) is 1.78. The lowest BCUT2D eigenvalue weighted by Crippen LogP contribution is -2.50. The van der Waals surface area contributed by atoms with Gasteiger partial charge in [0.1, 0.15) is 11.2 Å². The van der Waals surface area contributed by atoms with E-state index in [1.165, 1.54) is 4.88 Å². The summed E-state index contributed by atoms with van der Waals surface area (Å²) < 4.78 is 1.68. The molecule has 0 radical (unpaired) electrons. The van der Waals surface area contributed by atoms with E-state index >= 15 is 0 Å². The Bertz CT molecular complexity index is 787. The molecule has 1 saturated heterocycles. The van der Waals surface area contributed by atoms with Crippen LogP contribution in [0.5, 0.6) is 0 Å². The number of hydrogen-bond acceptors (Lipinski definition) is 5. The second-order valence-corrected chi connectivity index (χ2v) is 7.66. The van der Waals surface area contributed by atoms with E-state index in [-0.39, 0.29) is 17.4 Å². The molecule has 130 valence electrons. The SMILES string of the molecule is CCc1cc2c(=O)n(CN3CCN(C(=O)C(C)C)CC3)cnc2s1. The van der Waals surface area contributed by atoms with Crippen molar-refractivity contribution in [2.45, 2.75) is 33.9 Å². The molecule has 0 aromatic carbocycles. The molecule has 2 aromatic heterocycles. The maximum atomic E-state index is 12.6. The first-order valence-corrected chi connectivity index (χ1v) is 9.30. The third-order valence-corrected chi connectivity index (χ3v) is 5.64. The maximum Gasteiger partial charge on any atom is 0.263 e. The molecule has 0 saturated carbocycles. The summed E-state index contributed by atoms with van der Waals surface area (Å²) in [5, 5.41) is 0.716. The number of amides is 1. The van der Waals surface area contributed by atoms with Crippen LogP contribution in [0, 0.1) is 5.92 Å². The quantitative estimate of drug-likeness (QED) is 0.845. The van der Waals surface area contributed by atoms with Gasteiger partial charge >= 0.3 is 0 Å². The molecule has 0 unspecified atom stereocenters. The summed E-state index contributed by atoms with van der Waals surface area (Å²) in [6.07, 6.45) is 2.57. The molecule has 0 bridgehead atoms. The molecule has 7 heteroatoms. The molecule has 1 aliphatic rings. The van der Waals surface area contributed by atoms with Crippen molar-refractivity contribution in [2.24, 2.45) is 5.92 Å². The molecule has 0 aliphatic carbocycles.